The van der Waals surface area contributed by atoms with Crippen molar-refractivity contribution >= 4 is 27.7 Å². The predicted molar refractivity (Wildman–Crippen MR) is 91.7 cm³/mol. The number of carbonyl (C=O) groups excluding carboxylic acids is 3. The van der Waals surface area contributed by atoms with Gasteiger partial charge in [0.1, 0.15) is 0 Å². The molecule has 25 heavy (non-hydrogen) atoms. The SMILES string of the molecule is CC(C)(C)NC(=O)NC(=O)COC(=O)c1ccc(CS(C)(=O)=O)cc1. The number of urea groups is 1. The van der Waals surface area contributed by atoms with Crippen molar-refractivity contribution < 1.29 is 27.5 Å². The summed E-state index contributed by atoms with van der Waals surface area (Å²) < 4.78 is 27.2. The van der Waals surface area contributed by atoms with E-state index in [4.69, 9.17) is 4.74 Å². The van der Waals surface area contributed by atoms with Crippen molar-refractivity contribution in [1.82, 2.24) is 10.6 Å². The molecule has 1 aromatic carbocycles. The highest BCUT2D eigenvalue weighted by molar-refractivity contribution is 7.89. The number of benzene rings is 1. The third-order valence-electron chi connectivity index (χ3n) is 2.69. The average molecular weight is 370 g/mol. The molecule has 3 amide bonds. The second-order valence-corrected chi connectivity index (χ2v) is 8.74. The maximum Gasteiger partial charge on any atom is 0.338 e. The number of esters is 1. The first-order chi connectivity index (χ1) is 11.4. The fourth-order valence-corrected chi connectivity index (χ4v) is 2.59. The van der Waals surface area contributed by atoms with Crippen LogP contribution in [-0.2, 0) is 25.1 Å². The Hall–Kier alpha value is -2.42. The molecule has 9 heteroatoms. The second kappa shape index (κ2) is 8.11. The van der Waals surface area contributed by atoms with Crippen molar-refractivity contribution in [3.05, 3.63) is 35.4 Å². The van der Waals surface area contributed by atoms with Gasteiger partial charge >= 0.3 is 12.0 Å². The van der Waals surface area contributed by atoms with E-state index in [1.807, 2.05) is 5.32 Å². The first-order valence-electron chi connectivity index (χ1n) is 7.41. The Morgan fingerprint density at radius 3 is 2.12 bits per heavy atom. The van der Waals surface area contributed by atoms with Crippen molar-refractivity contribution in [3.63, 3.8) is 0 Å². The number of hydrogen-bond acceptors (Lipinski definition) is 6. The highest BCUT2D eigenvalue weighted by Crippen LogP contribution is 2.09. The number of carbonyl (C=O) groups is 3. The van der Waals surface area contributed by atoms with Crippen molar-refractivity contribution in [2.45, 2.75) is 32.1 Å². The molecule has 1 aromatic rings. The third-order valence-corrected chi connectivity index (χ3v) is 3.55. The Morgan fingerprint density at radius 2 is 1.64 bits per heavy atom. The fraction of sp³-hybridized carbons (Fsp3) is 0.438. The number of amides is 3. The van der Waals surface area contributed by atoms with Gasteiger partial charge in [-0.05, 0) is 38.5 Å². The van der Waals surface area contributed by atoms with Gasteiger partial charge in [-0.2, -0.15) is 0 Å². The van der Waals surface area contributed by atoms with Gasteiger partial charge in [-0.3, -0.25) is 10.1 Å². The molecule has 0 saturated carbocycles. The van der Waals surface area contributed by atoms with Gasteiger partial charge in [0.2, 0.25) is 0 Å². The quantitative estimate of drug-likeness (QED) is 0.747. The first-order valence-corrected chi connectivity index (χ1v) is 9.47. The molecule has 0 radical (unpaired) electrons. The van der Waals surface area contributed by atoms with E-state index in [9.17, 15) is 22.8 Å². The van der Waals surface area contributed by atoms with E-state index in [0.29, 0.717) is 5.56 Å². The molecule has 0 aliphatic rings. The second-order valence-electron chi connectivity index (χ2n) is 6.60. The van der Waals surface area contributed by atoms with E-state index in [1.54, 1.807) is 20.8 Å². The lowest BCUT2D eigenvalue weighted by Crippen LogP contribution is -2.49. The Bertz CT molecular complexity index is 748. The van der Waals surface area contributed by atoms with Crippen LogP contribution in [0.4, 0.5) is 4.79 Å². The molecule has 0 heterocycles. The van der Waals surface area contributed by atoms with Crippen LogP contribution < -0.4 is 10.6 Å². The van der Waals surface area contributed by atoms with Crippen LogP contribution in [0.5, 0.6) is 0 Å². The molecule has 0 bridgehead atoms. The molecule has 0 unspecified atom stereocenters. The molecule has 0 atom stereocenters. The van der Waals surface area contributed by atoms with Crippen LogP contribution in [0.25, 0.3) is 0 Å². The predicted octanol–water partition coefficient (Wildman–Crippen LogP) is 1.01. The molecule has 0 saturated heterocycles. The van der Waals surface area contributed by atoms with Crippen LogP contribution >= 0.6 is 0 Å². The summed E-state index contributed by atoms with van der Waals surface area (Å²) in [6.45, 7) is 4.65. The van der Waals surface area contributed by atoms with Gasteiger partial charge in [0.15, 0.2) is 16.4 Å². The van der Waals surface area contributed by atoms with Gasteiger partial charge in [0, 0.05) is 11.8 Å². The zero-order valence-electron chi connectivity index (χ0n) is 14.6. The summed E-state index contributed by atoms with van der Waals surface area (Å²) in [6, 6.07) is 5.13. The van der Waals surface area contributed by atoms with Crippen LogP contribution in [0.3, 0.4) is 0 Å². The molecule has 0 spiro atoms. The van der Waals surface area contributed by atoms with Crippen molar-refractivity contribution in [3.8, 4) is 0 Å². The van der Waals surface area contributed by atoms with Gasteiger partial charge < -0.3 is 10.1 Å². The Balaban J connectivity index is 2.51. The molecule has 1 rings (SSSR count). The largest absolute Gasteiger partial charge is 0.452 e. The minimum absolute atomic E-state index is 0.131. The van der Waals surface area contributed by atoms with Crippen molar-refractivity contribution in [2.75, 3.05) is 12.9 Å². The molecule has 0 fully saturated rings. The summed E-state index contributed by atoms with van der Waals surface area (Å²) in [6.07, 6.45) is 1.11. The maximum absolute atomic E-state index is 11.8. The fourth-order valence-electron chi connectivity index (χ4n) is 1.79. The number of sulfone groups is 1. The first kappa shape index (κ1) is 20.6. The highest BCUT2D eigenvalue weighted by Gasteiger charge is 2.17. The Kier molecular flexibility index (Phi) is 6.69. The summed E-state index contributed by atoms with van der Waals surface area (Å²) in [5.41, 5.74) is 0.203. The van der Waals surface area contributed by atoms with Crippen LogP contribution in [-0.4, -0.2) is 44.7 Å². The zero-order chi connectivity index (χ0) is 19.3. The van der Waals surface area contributed by atoms with Crippen LogP contribution in [0, 0.1) is 0 Å². The highest BCUT2D eigenvalue weighted by atomic mass is 32.2. The standard InChI is InChI=1S/C16H22N2O6S/c1-16(2,3)18-15(21)17-13(19)9-24-14(20)12-7-5-11(6-8-12)10-25(4,22)23/h5-8H,9-10H2,1-4H3,(H2,17,18,19,21). The van der Waals surface area contributed by atoms with Gasteiger partial charge in [0.05, 0.1) is 11.3 Å². The lowest BCUT2D eigenvalue weighted by molar-refractivity contribution is -0.123. The lowest BCUT2D eigenvalue weighted by atomic mass is 10.1. The van der Waals surface area contributed by atoms with Gasteiger partial charge in [-0.15, -0.1) is 0 Å². The van der Waals surface area contributed by atoms with E-state index >= 15 is 0 Å². The number of ether oxygens (including phenoxy) is 1. The molecular formula is C16H22N2O6S. The van der Waals surface area contributed by atoms with Crippen LogP contribution in [0.15, 0.2) is 24.3 Å². The molecule has 0 aliphatic heterocycles. The summed E-state index contributed by atoms with van der Waals surface area (Å²) in [5, 5.41) is 4.58. The molecule has 8 nitrogen and oxygen atoms in total. The summed E-state index contributed by atoms with van der Waals surface area (Å²) in [7, 11) is -3.16. The number of nitrogens with one attached hydrogen (secondary N) is 2. The molecule has 0 aromatic heterocycles. The van der Waals surface area contributed by atoms with E-state index in [2.05, 4.69) is 5.32 Å². The topological polar surface area (TPSA) is 119 Å². The Morgan fingerprint density at radius 1 is 1.08 bits per heavy atom. The number of imide groups is 1. The van der Waals surface area contributed by atoms with Gasteiger partial charge in [0.25, 0.3) is 5.91 Å². The van der Waals surface area contributed by atoms with E-state index in [-0.39, 0.29) is 11.3 Å². The van der Waals surface area contributed by atoms with E-state index < -0.39 is 39.9 Å². The smallest absolute Gasteiger partial charge is 0.338 e. The van der Waals surface area contributed by atoms with Crippen molar-refractivity contribution in [2.24, 2.45) is 0 Å². The summed E-state index contributed by atoms with van der Waals surface area (Å²) in [4.78, 5) is 34.9. The molecule has 2 N–H and O–H groups in total. The Labute approximate surface area is 146 Å². The van der Waals surface area contributed by atoms with Gasteiger partial charge in [-0.25, -0.2) is 18.0 Å². The van der Waals surface area contributed by atoms with E-state index in [0.717, 1.165) is 6.26 Å². The third kappa shape index (κ3) is 8.85. The average Bonchev–Trinajstić information content (AvgIpc) is 2.41. The minimum Gasteiger partial charge on any atom is -0.452 e. The monoisotopic (exact) mass is 370 g/mol. The van der Waals surface area contributed by atoms with Gasteiger partial charge in [-0.1, -0.05) is 12.1 Å². The molecule has 138 valence electrons. The van der Waals surface area contributed by atoms with Crippen LogP contribution in [0.1, 0.15) is 36.7 Å². The normalized spacial score (nSPS) is 11.5. The zero-order valence-corrected chi connectivity index (χ0v) is 15.4. The molecule has 0 aliphatic carbocycles. The summed E-state index contributed by atoms with van der Waals surface area (Å²) in [5.74, 6) is -1.64. The lowest BCUT2D eigenvalue weighted by Gasteiger charge is -2.20. The van der Waals surface area contributed by atoms with E-state index in [1.165, 1.54) is 24.3 Å². The van der Waals surface area contributed by atoms with Crippen LogP contribution in [0.2, 0.25) is 0 Å². The summed E-state index contributed by atoms with van der Waals surface area (Å²) >= 11 is 0. The number of rotatable bonds is 5. The maximum atomic E-state index is 11.8. The molecular weight excluding hydrogens is 348 g/mol. The number of hydrogen-bond donors (Lipinski definition) is 2. The minimum atomic E-state index is -3.16. The van der Waals surface area contributed by atoms with Crippen molar-refractivity contribution in [1.29, 1.82) is 0 Å².